The highest BCUT2D eigenvalue weighted by Gasteiger charge is 2.26. The number of hydrogen-bond acceptors (Lipinski definition) is 1. The smallest absolute Gasteiger partial charge is 0.258 e. The van der Waals surface area contributed by atoms with Crippen LogP contribution in [0.25, 0.3) is 10.8 Å². The molecule has 0 N–H and O–H groups in total. The second-order valence-corrected chi connectivity index (χ2v) is 4.61. The summed E-state index contributed by atoms with van der Waals surface area (Å²) >= 11 is 3.42. The molecule has 3 rings (SSSR count). The summed E-state index contributed by atoms with van der Waals surface area (Å²) in [6.45, 7) is 0. The van der Waals surface area contributed by atoms with Crippen molar-refractivity contribution in [1.29, 1.82) is 0 Å². The molecule has 1 heterocycles. The highest BCUT2D eigenvalue weighted by Crippen LogP contribution is 2.37. The number of rotatable bonds is 0. The van der Waals surface area contributed by atoms with E-state index in [0.29, 0.717) is 0 Å². The summed E-state index contributed by atoms with van der Waals surface area (Å²) in [5, 5.41) is 2.17. The maximum absolute atomic E-state index is 11.9. The van der Waals surface area contributed by atoms with Gasteiger partial charge in [-0.2, -0.15) is 0 Å². The zero-order valence-corrected chi connectivity index (χ0v) is 9.71. The quantitative estimate of drug-likeness (QED) is 0.714. The minimum Gasteiger partial charge on any atom is -0.311 e. The number of carbonyl (C=O) groups is 1. The first-order valence-electron chi connectivity index (χ1n) is 4.69. The van der Waals surface area contributed by atoms with Crippen LogP contribution in [0, 0.1) is 0 Å². The Kier molecular flexibility index (Phi) is 1.68. The molecule has 0 spiro atoms. The average molecular weight is 262 g/mol. The molecule has 0 unspecified atom stereocenters. The minimum absolute atomic E-state index is 0.0718. The first-order chi connectivity index (χ1) is 7.18. The van der Waals surface area contributed by atoms with Crippen molar-refractivity contribution in [2.24, 2.45) is 0 Å². The third kappa shape index (κ3) is 1.07. The fourth-order valence-corrected chi connectivity index (χ4v) is 2.59. The van der Waals surface area contributed by atoms with Crippen molar-refractivity contribution in [3.8, 4) is 0 Å². The van der Waals surface area contributed by atoms with E-state index in [9.17, 15) is 4.79 Å². The van der Waals surface area contributed by atoms with Gasteiger partial charge in [0.15, 0.2) is 0 Å². The lowest BCUT2D eigenvalue weighted by Gasteiger charge is -2.08. The van der Waals surface area contributed by atoms with E-state index in [2.05, 4.69) is 15.9 Å². The summed E-state index contributed by atoms with van der Waals surface area (Å²) < 4.78 is 0.950. The molecular formula is C12H8BrNO. The first-order valence-corrected chi connectivity index (χ1v) is 5.48. The van der Waals surface area contributed by atoms with Crippen LogP contribution in [0.5, 0.6) is 0 Å². The van der Waals surface area contributed by atoms with Gasteiger partial charge in [-0.05, 0) is 23.6 Å². The van der Waals surface area contributed by atoms with Crippen molar-refractivity contribution in [2.75, 3.05) is 11.9 Å². The van der Waals surface area contributed by atoms with Crippen LogP contribution in [0.3, 0.4) is 0 Å². The van der Waals surface area contributed by atoms with E-state index in [4.69, 9.17) is 0 Å². The summed E-state index contributed by atoms with van der Waals surface area (Å²) in [5.41, 5.74) is 1.79. The zero-order chi connectivity index (χ0) is 10.6. The number of anilines is 1. The molecule has 0 bridgehead atoms. The Morgan fingerprint density at radius 3 is 2.87 bits per heavy atom. The molecule has 0 aliphatic carbocycles. The fraction of sp³-hybridized carbons (Fsp3) is 0.0833. The molecule has 0 fully saturated rings. The van der Waals surface area contributed by atoms with E-state index in [-0.39, 0.29) is 5.91 Å². The van der Waals surface area contributed by atoms with Crippen LogP contribution in [0.4, 0.5) is 5.69 Å². The maximum Gasteiger partial charge on any atom is 0.258 e. The van der Waals surface area contributed by atoms with E-state index in [1.54, 1.807) is 4.90 Å². The van der Waals surface area contributed by atoms with Gasteiger partial charge < -0.3 is 4.90 Å². The Balaban J connectivity index is 2.54. The van der Waals surface area contributed by atoms with Crippen molar-refractivity contribution in [3.63, 3.8) is 0 Å². The number of carbonyl (C=O) groups excluding carboxylic acids is 1. The van der Waals surface area contributed by atoms with E-state index in [1.807, 2.05) is 37.4 Å². The summed E-state index contributed by atoms with van der Waals surface area (Å²) in [6, 6.07) is 9.90. The normalized spacial score (nSPS) is 14.0. The fourth-order valence-electron chi connectivity index (χ4n) is 2.11. The minimum atomic E-state index is 0.0718. The van der Waals surface area contributed by atoms with Gasteiger partial charge in [0.2, 0.25) is 0 Å². The van der Waals surface area contributed by atoms with Crippen molar-refractivity contribution in [2.45, 2.75) is 0 Å². The van der Waals surface area contributed by atoms with Crippen LogP contribution in [-0.4, -0.2) is 13.0 Å². The number of benzene rings is 2. The highest BCUT2D eigenvalue weighted by atomic mass is 79.9. The molecule has 0 saturated carbocycles. The molecule has 1 aliphatic rings. The van der Waals surface area contributed by atoms with Crippen molar-refractivity contribution in [1.82, 2.24) is 0 Å². The first kappa shape index (κ1) is 8.92. The number of hydrogen-bond donors (Lipinski definition) is 0. The van der Waals surface area contributed by atoms with E-state index >= 15 is 0 Å². The van der Waals surface area contributed by atoms with Gasteiger partial charge in [0.05, 0.1) is 11.3 Å². The Morgan fingerprint density at radius 1 is 1.27 bits per heavy atom. The second kappa shape index (κ2) is 2.83. The molecule has 3 heteroatoms. The van der Waals surface area contributed by atoms with Crippen molar-refractivity contribution >= 4 is 38.3 Å². The topological polar surface area (TPSA) is 20.3 Å². The summed E-state index contributed by atoms with van der Waals surface area (Å²) in [5.74, 6) is 0.0718. The van der Waals surface area contributed by atoms with Gasteiger partial charge in [-0.3, -0.25) is 4.79 Å². The van der Waals surface area contributed by atoms with Gasteiger partial charge in [-0.15, -0.1) is 0 Å². The van der Waals surface area contributed by atoms with Crippen molar-refractivity contribution < 1.29 is 4.79 Å². The van der Waals surface area contributed by atoms with Crippen molar-refractivity contribution in [3.05, 3.63) is 40.4 Å². The Bertz CT molecular complexity index is 591. The summed E-state index contributed by atoms with van der Waals surface area (Å²) in [4.78, 5) is 13.6. The standard InChI is InChI=1S/C12H8BrNO/c1-14-10-4-2-3-7-5-8(13)6-9(11(7)10)12(14)15/h2-6H,1H3. The Hall–Kier alpha value is -1.35. The van der Waals surface area contributed by atoms with Gasteiger partial charge in [-0.25, -0.2) is 0 Å². The van der Waals surface area contributed by atoms with Crippen LogP contribution in [0.1, 0.15) is 10.4 Å². The van der Waals surface area contributed by atoms with Gasteiger partial charge in [0.1, 0.15) is 0 Å². The van der Waals surface area contributed by atoms with E-state index in [0.717, 1.165) is 26.5 Å². The van der Waals surface area contributed by atoms with Crippen LogP contribution in [-0.2, 0) is 0 Å². The molecule has 0 aromatic heterocycles. The Morgan fingerprint density at radius 2 is 2.07 bits per heavy atom. The Labute approximate surface area is 95.6 Å². The lowest BCUT2D eigenvalue weighted by Crippen LogP contribution is -2.20. The molecule has 1 amide bonds. The number of halogens is 1. The monoisotopic (exact) mass is 261 g/mol. The molecule has 2 aromatic carbocycles. The molecule has 0 atom stereocenters. The SMILES string of the molecule is CN1C(=O)c2cc(Br)cc3cccc1c23. The largest absolute Gasteiger partial charge is 0.311 e. The van der Waals surface area contributed by atoms with Gasteiger partial charge in [-0.1, -0.05) is 28.1 Å². The average Bonchev–Trinajstić information content (AvgIpc) is 2.46. The van der Waals surface area contributed by atoms with Crippen LogP contribution in [0.2, 0.25) is 0 Å². The van der Waals surface area contributed by atoms with E-state index in [1.165, 1.54) is 0 Å². The summed E-state index contributed by atoms with van der Waals surface area (Å²) in [7, 11) is 1.81. The number of amides is 1. The maximum atomic E-state index is 11.9. The van der Waals surface area contributed by atoms with Gasteiger partial charge in [0, 0.05) is 16.9 Å². The summed E-state index contributed by atoms with van der Waals surface area (Å²) in [6.07, 6.45) is 0. The predicted octanol–water partition coefficient (Wildman–Crippen LogP) is 3.19. The second-order valence-electron chi connectivity index (χ2n) is 3.69. The molecule has 15 heavy (non-hydrogen) atoms. The zero-order valence-electron chi connectivity index (χ0n) is 8.12. The third-order valence-corrected chi connectivity index (χ3v) is 3.27. The third-order valence-electron chi connectivity index (χ3n) is 2.82. The lowest BCUT2D eigenvalue weighted by atomic mass is 10.1. The predicted molar refractivity (Wildman–Crippen MR) is 64.4 cm³/mol. The molecule has 2 nitrogen and oxygen atoms in total. The highest BCUT2D eigenvalue weighted by molar-refractivity contribution is 9.10. The van der Waals surface area contributed by atoms with Crippen LogP contribution >= 0.6 is 15.9 Å². The molecule has 1 aliphatic heterocycles. The molecule has 74 valence electrons. The molecule has 0 saturated heterocycles. The van der Waals surface area contributed by atoms with Crippen LogP contribution in [0.15, 0.2) is 34.8 Å². The van der Waals surface area contributed by atoms with Crippen LogP contribution < -0.4 is 4.90 Å². The number of nitrogens with zero attached hydrogens (tertiary/aromatic N) is 1. The van der Waals surface area contributed by atoms with E-state index < -0.39 is 0 Å². The van der Waals surface area contributed by atoms with Gasteiger partial charge in [0.25, 0.3) is 5.91 Å². The van der Waals surface area contributed by atoms with Gasteiger partial charge >= 0.3 is 0 Å². The molecule has 0 radical (unpaired) electrons. The lowest BCUT2D eigenvalue weighted by molar-refractivity contribution is 0.0999. The molecular weight excluding hydrogens is 254 g/mol. The molecule has 2 aromatic rings.